The standard InChI is InChI=1S/C24H30F3N3O5S/c1-15-20(14-21-23(31)35-21)30(28-22(15)24(25,26)27)16-6-8-17(9-7-16)34-18-10-12-29(13-11-18)36(32,33)19-4-2-3-5-19/h6-9,18-21,23,31H,1-5,10-14H2/t20-,21?,23?/m0/s1. The molecule has 3 fully saturated rings. The van der Waals surface area contributed by atoms with Gasteiger partial charge in [0, 0.05) is 25.1 Å². The number of hydrogen-bond acceptors (Lipinski definition) is 7. The lowest BCUT2D eigenvalue weighted by Gasteiger charge is -2.33. The molecule has 1 saturated carbocycles. The van der Waals surface area contributed by atoms with E-state index in [9.17, 15) is 26.7 Å². The smallest absolute Gasteiger partial charge is 0.435 e. The second-order valence-corrected chi connectivity index (χ2v) is 12.0. The van der Waals surface area contributed by atoms with Crippen molar-refractivity contribution in [3.63, 3.8) is 0 Å². The number of hydrogen-bond donors (Lipinski definition) is 1. The molecule has 12 heteroatoms. The Morgan fingerprint density at radius 1 is 1.11 bits per heavy atom. The number of alkyl halides is 3. The van der Waals surface area contributed by atoms with Gasteiger partial charge in [-0.2, -0.15) is 18.3 Å². The van der Waals surface area contributed by atoms with Gasteiger partial charge in [0.25, 0.3) is 0 Å². The van der Waals surface area contributed by atoms with Crippen molar-refractivity contribution in [3.8, 4) is 5.75 Å². The molecule has 2 unspecified atom stereocenters. The molecule has 1 aliphatic carbocycles. The van der Waals surface area contributed by atoms with Crippen molar-refractivity contribution in [2.24, 2.45) is 5.10 Å². The van der Waals surface area contributed by atoms with Gasteiger partial charge < -0.3 is 14.6 Å². The Hall–Kier alpha value is -2.15. The SMILES string of the molecule is C=C1C(C(F)(F)F)=NN(c2ccc(OC3CCN(S(=O)(=O)C4CCCC4)CC3)cc2)[C@H]1CC1OC1O. The van der Waals surface area contributed by atoms with E-state index in [1.54, 1.807) is 28.6 Å². The van der Waals surface area contributed by atoms with Gasteiger partial charge in [0.15, 0.2) is 12.0 Å². The number of ether oxygens (including phenoxy) is 2. The van der Waals surface area contributed by atoms with Crippen LogP contribution < -0.4 is 9.75 Å². The lowest BCUT2D eigenvalue weighted by Crippen LogP contribution is -2.45. The zero-order valence-electron chi connectivity index (χ0n) is 19.7. The lowest BCUT2D eigenvalue weighted by molar-refractivity contribution is -0.0580. The Balaban J connectivity index is 1.22. The molecule has 36 heavy (non-hydrogen) atoms. The van der Waals surface area contributed by atoms with E-state index in [0.717, 1.165) is 25.7 Å². The highest BCUT2D eigenvalue weighted by molar-refractivity contribution is 7.89. The first-order chi connectivity index (χ1) is 17.0. The molecule has 1 aromatic carbocycles. The molecule has 0 amide bonds. The highest BCUT2D eigenvalue weighted by atomic mass is 32.2. The summed E-state index contributed by atoms with van der Waals surface area (Å²) in [7, 11) is -3.26. The Morgan fingerprint density at radius 3 is 2.28 bits per heavy atom. The number of sulfonamides is 1. The van der Waals surface area contributed by atoms with E-state index >= 15 is 0 Å². The molecule has 0 radical (unpaired) electrons. The summed E-state index contributed by atoms with van der Waals surface area (Å²) in [4.78, 5) is 0. The summed E-state index contributed by atoms with van der Waals surface area (Å²) in [6, 6.07) is 5.80. The number of rotatable bonds is 7. The summed E-state index contributed by atoms with van der Waals surface area (Å²) in [6.07, 6.45) is -1.65. The molecule has 1 aromatic rings. The number of hydrazone groups is 1. The van der Waals surface area contributed by atoms with Crippen LogP contribution >= 0.6 is 0 Å². The van der Waals surface area contributed by atoms with Crippen LogP contribution in [0, 0.1) is 0 Å². The fourth-order valence-corrected chi connectivity index (χ4v) is 7.33. The van der Waals surface area contributed by atoms with Crippen molar-refractivity contribution in [3.05, 3.63) is 36.4 Å². The highest BCUT2D eigenvalue weighted by Gasteiger charge is 2.49. The summed E-state index contributed by atoms with van der Waals surface area (Å²) in [5.74, 6) is 0.548. The molecule has 198 valence electrons. The first-order valence-electron chi connectivity index (χ1n) is 12.3. The van der Waals surface area contributed by atoms with Gasteiger partial charge in [-0.15, -0.1) is 0 Å². The van der Waals surface area contributed by atoms with Crippen LogP contribution in [0.3, 0.4) is 0 Å². The number of nitrogens with zero attached hydrogens (tertiary/aromatic N) is 3. The first kappa shape index (κ1) is 25.5. The topological polar surface area (TPSA) is 95.0 Å². The number of epoxide rings is 1. The van der Waals surface area contributed by atoms with Gasteiger partial charge in [0.2, 0.25) is 10.0 Å². The number of halogens is 3. The Kier molecular flexibility index (Phi) is 6.81. The summed E-state index contributed by atoms with van der Waals surface area (Å²) >= 11 is 0. The van der Waals surface area contributed by atoms with Crippen LogP contribution in [-0.4, -0.2) is 72.6 Å². The van der Waals surface area contributed by atoms with Crippen molar-refractivity contribution >= 4 is 21.4 Å². The maximum Gasteiger partial charge on any atom is 0.435 e. The minimum absolute atomic E-state index is 0.129. The van der Waals surface area contributed by atoms with Gasteiger partial charge in [0.05, 0.1) is 17.0 Å². The van der Waals surface area contributed by atoms with E-state index in [2.05, 4.69) is 11.7 Å². The van der Waals surface area contributed by atoms with Gasteiger partial charge in [-0.05, 0) is 49.9 Å². The van der Waals surface area contributed by atoms with E-state index < -0.39 is 40.3 Å². The molecule has 0 aromatic heterocycles. The second kappa shape index (κ2) is 9.62. The maximum absolute atomic E-state index is 13.5. The number of benzene rings is 1. The minimum Gasteiger partial charge on any atom is -0.490 e. The Morgan fingerprint density at radius 2 is 1.72 bits per heavy atom. The highest BCUT2D eigenvalue weighted by Crippen LogP contribution is 2.39. The molecule has 0 spiro atoms. The van der Waals surface area contributed by atoms with Gasteiger partial charge in [-0.3, -0.25) is 5.01 Å². The molecular weight excluding hydrogens is 499 g/mol. The van der Waals surface area contributed by atoms with Crippen molar-refractivity contribution in [2.45, 2.75) is 80.9 Å². The molecule has 0 bridgehead atoms. The molecule has 1 N–H and O–H groups in total. The average molecular weight is 530 g/mol. The van der Waals surface area contributed by atoms with Crippen LogP contribution in [0.4, 0.5) is 18.9 Å². The predicted molar refractivity (Wildman–Crippen MR) is 127 cm³/mol. The van der Waals surface area contributed by atoms with E-state index in [1.165, 1.54) is 5.01 Å². The van der Waals surface area contributed by atoms with E-state index in [1.807, 2.05) is 0 Å². The van der Waals surface area contributed by atoms with Gasteiger partial charge in [0.1, 0.15) is 18.0 Å². The Labute approximate surface area is 208 Å². The quantitative estimate of drug-likeness (QED) is 0.543. The molecule has 8 nitrogen and oxygen atoms in total. The van der Waals surface area contributed by atoms with E-state index in [4.69, 9.17) is 9.47 Å². The maximum atomic E-state index is 13.5. The fraction of sp³-hybridized carbons (Fsp3) is 0.625. The summed E-state index contributed by atoms with van der Waals surface area (Å²) in [5.41, 5.74) is -0.771. The normalized spacial score (nSPS) is 28.6. The van der Waals surface area contributed by atoms with Crippen molar-refractivity contribution < 1.29 is 36.2 Å². The van der Waals surface area contributed by atoms with Crippen LogP contribution in [-0.2, 0) is 14.8 Å². The van der Waals surface area contributed by atoms with Crippen LogP contribution in [0.15, 0.2) is 41.5 Å². The second-order valence-electron chi connectivity index (χ2n) is 9.79. The largest absolute Gasteiger partial charge is 0.490 e. The molecule has 4 aliphatic rings. The van der Waals surface area contributed by atoms with Gasteiger partial charge in [-0.25, -0.2) is 12.7 Å². The molecule has 5 rings (SSSR count). The molecule has 2 saturated heterocycles. The zero-order chi connectivity index (χ0) is 25.7. The fourth-order valence-electron chi connectivity index (χ4n) is 5.26. The van der Waals surface area contributed by atoms with Crippen molar-refractivity contribution in [1.82, 2.24) is 4.31 Å². The number of aliphatic hydroxyl groups excluding tert-OH is 1. The first-order valence-corrected chi connectivity index (χ1v) is 13.8. The van der Waals surface area contributed by atoms with E-state index in [-0.39, 0.29) is 23.3 Å². The molecule has 3 aliphatic heterocycles. The van der Waals surface area contributed by atoms with Crippen LogP contribution in [0.1, 0.15) is 44.9 Å². The van der Waals surface area contributed by atoms with Crippen molar-refractivity contribution in [2.75, 3.05) is 18.1 Å². The summed E-state index contributed by atoms with van der Waals surface area (Å²) in [5, 5.41) is 14.3. The molecule has 3 heterocycles. The lowest BCUT2D eigenvalue weighted by atomic mass is 9.99. The van der Waals surface area contributed by atoms with Crippen LogP contribution in [0.2, 0.25) is 0 Å². The van der Waals surface area contributed by atoms with Gasteiger partial charge >= 0.3 is 6.18 Å². The van der Waals surface area contributed by atoms with E-state index in [0.29, 0.717) is 37.4 Å². The monoisotopic (exact) mass is 529 g/mol. The summed E-state index contributed by atoms with van der Waals surface area (Å²) in [6.45, 7) is 4.45. The summed E-state index contributed by atoms with van der Waals surface area (Å²) < 4.78 is 78.6. The Bertz CT molecular complexity index is 1110. The molecule has 3 atom stereocenters. The predicted octanol–water partition coefficient (Wildman–Crippen LogP) is 3.57. The average Bonchev–Trinajstić information content (AvgIpc) is 3.19. The van der Waals surface area contributed by atoms with Crippen LogP contribution in [0.5, 0.6) is 5.75 Å². The third kappa shape index (κ3) is 5.13. The third-order valence-corrected chi connectivity index (χ3v) is 9.78. The van der Waals surface area contributed by atoms with Gasteiger partial charge in [-0.1, -0.05) is 19.4 Å². The molecular formula is C24H30F3N3O5S. The third-order valence-electron chi connectivity index (χ3n) is 7.38. The number of piperidine rings is 1. The minimum atomic E-state index is -4.64. The number of anilines is 1. The van der Waals surface area contributed by atoms with Crippen molar-refractivity contribution in [1.29, 1.82) is 0 Å². The zero-order valence-corrected chi connectivity index (χ0v) is 20.5. The number of aliphatic hydroxyl groups is 1. The van der Waals surface area contributed by atoms with Crippen LogP contribution in [0.25, 0.3) is 0 Å².